The smallest absolute Gasteiger partial charge is 0.214 e. The van der Waals surface area contributed by atoms with E-state index in [-0.39, 0.29) is 35.8 Å². The first-order valence-electron chi connectivity index (χ1n) is 10.2. The molecular weight excluding hydrogens is 503 g/mol. The maximum atomic E-state index is 12.2. The van der Waals surface area contributed by atoms with Crippen LogP contribution in [0, 0.1) is 0 Å². The lowest BCUT2D eigenvalue weighted by Gasteiger charge is -2.32. The molecule has 2 heterocycles. The molecule has 1 aromatic carbocycles. The highest BCUT2D eigenvalue weighted by atomic mass is 127. The molecule has 3 rings (SSSR count). The Kier molecular flexibility index (Phi) is 9.48. The number of aliphatic imine (C=N–C) groups is 1. The van der Waals surface area contributed by atoms with Crippen molar-refractivity contribution >= 4 is 40.0 Å². The topological polar surface area (TPSA) is 83.0 Å². The number of halogens is 1. The summed E-state index contributed by atoms with van der Waals surface area (Å²) in [6.45, 7) is 4.63. The molecule has 0 saturated carbocycles. The standard InChI is InChI=1S/C20H32N4O3S.HI/c1-3-14-28(25,26)24-11-7-18(8-12-24)23-20(21-2)22-10-6-16-4-5-19-17(15-16)9-13-27-19;/h4-5,15,18H,3,6-14H2,1-2H3,(H2,21,22,23);1H. The zero-order valence-corrected chi connectivity index (χ0v) is 20.5. The second kappa shape index (κ2) is 11.4. The lowest BCUT2D eigenvalue weighted by Crippen LogP contribution is -2.50. The van der Waals surface area contributed by atoms with E-state index in [4.69, 9.17) is 4.74 Å². The third-order valence-corrected chi connectivity index (χ3v) is 7.41. The molecule has 0 atom stereocenters. The van der Waals surface area contributed by atoms with Crippen molar-refractivity contribution in [2.45, 2.75) is 45.1 Å². The molecule has 2 aliphatic heterocycles. The number of piperidine rings is 1. The van der Waals surface area contributed by atoms with Crippen LogP contribution in [0.3, 0.4) is 0 Å². The molecule has 0 spiro atoms. The average Bonchev–Trinajstić information content (AvgIpc) is 3.15. The maximum Gasteiger partial charge on any atom is 0.214 e. The van der Waals surface area contributed by atoms with Gasteiger partial charge in [-0.2, -0.15) is 0 Å². The monoisotopic (exact) mass is 536 g/mol. The Bertz CT molecular complexity index is 793. The Balaban J connectivity index is 0.00000300. The predicted octanol–water partition coefficient (Wildman–Crippen LogP) is 2.15. The van der Waals surface area contributed by atoms with Gasteiger partial charge in [0.1, 0.15) is 5.75 Å². The molecule has 1 aromatic rings. The van der Waals surface area contributed by atoms with Crippen molar-refractivity contribution in [1.29, 1.82) is 0 Å². The van der Waals surface area contributed by atoms with E-state index in [1.807, 2.05) is 6.92 Å². The molecule has 2 N–H and O–H groups in total. The summed E-state index contributed by atoms with van der Waals surface area (Å²) in [7, 11) is -1.32. The largest absolute Gasteiger partial charge is 0.493 e. The normalized spacial score (nSPS) is 17.9. The van der Waals surface area contributed by atoms with Crippen molar-refractivity contribution in [3.63, 3.8) is 0 Å². The van der Waals surface area contributed by atoms with Gasteiger partial charge in [-0.1, -0.05) is 19.1 Å². The van der Waals surface area contributed by atoms with Crippen molar-refractivity contribution in [3.05, 3.63) is 29.3 Å². The molecular formula is C20H33IN4O3S. The van der Waals surface area contributed by atoms with E-state index < -0.39 is 10.0 Å². The SMILES string of the molecule is CCCS(=O)(=O)N1CCC(NC(=NC)NCCc2ccc3c(c2)CCO3)CC1.I. The fourth-order valence-electron chi connectivity index (χ4n) is 3.77. The average molecular weight is 536 g/mol. The molecule has 0 bridgehead atoms. The number of fused-ring (bicyclic) bond motifs is 1. The summed E-state index contributed by atoms with van der Waals surface area (Å²) in [5, 5.41) is 6.81. The third-order valence-electron chi connectivity index (χ3n) is 5.33. The van der Waals surface area contributed by atoms with Crippen molar-refractivity contribution in [3.8, 4) is 5.75 Å². The second-order valence-corrected chi connectivity index (χ2v) is 9.51. The van der Waals surface area contributed by atoms with Gasteiger partial charge in [-0.25, -0.2) is 12.7 Å². The molecule has 0 aliphatic carbocycles. The van der Waals surface area contributed by atoms with Crippen LogP contribution in [0.5, 0.6) is 5.75 Å². The highest BCUT2D eigenvalue weighted by Crippen LogP contribution is 2.25. The maximum absolute atomic E-state index is 12.2. The lowest BCUT2D eigenvalue weighted by molar-refractivity contribution is 0.306. The molecule has 1 saturated heterocycles. The van der Waals surface area contributed by atoms with Crippen LogP contribution in [0.1, 0.15) is 37.3 Å². The summed E-state index contributed by atoms with van der Waals surface area (Å²) >= 11 is 0. The molecule has 1 fully saturated rings. The number of ether oxygens (including phenoxy) is 1. The van der Waals surface area contributed by atoms with Gasteiger partial charge in [-0.05, 0) is 42.9 Å². The van der Waals surface area contributed by atoms with Crippen molar-refractivity contribution in [2.75, 3.05) is 39.0 Å². The highest BCUT2D eigenvalue weighted by molar-refractivity contribution is 14.0. The van der Waals surface area contributed by atoms with E-state index in [1.54, 1.807) is 11.4 Å². The number of rotatable bonds is 7. The van der Waals surface area contributed by atoms with E-state index in [1.165, 1.54) is 11.1 Å². The summed E-state index contributed by atoms with van der Waals surface area (Å²) in [6.07, 6.45) is 4.17. The fraction of sp³-hybridized carbons (Fsp3) is 0.650. The van der Waals surface area contributed by atoms with Gasteiger partial charge < -0.3 is 15.4 Å². The Hall–Kier alpha value is -1.07. The van der Waals surface area contributed by atoms with Crippen LogP contribution in [-0.2, 0) is 22.9 Å². The number of sulfonamides is 1. The highest BCUT2D eigenvalue weighted by Gasteiger charge is 2.27. The molecule has 0 amide bonds. The number of guanidine groups is 1. The van der Waals surface area contributed by atoms with Crippen molar-refractivity contribution in [2.24, 2.45) is 4.99 Å². The zero-order chi connectivity index (χ0) is 20.0. The van der Waals surface area contributed by atoms with Gasteiger partial charge in [-0.3, -0.25) is 4.99 Å². The fourth-order valence-corrected chi connectivity index (χ4v) is 5.32. The summed E-state index contributed by atoms with van der Waals surface area (Å²) in [6, 6.07) is 6.66. The summed E-state index contributed by atoms with van der Waals surface area (Å²) in [5.41, 5.74) is 2.59. The molecule has 0 radical (unpaired) electrons. The molecule has 0 unspecified atom stereocenters. The van der Waals surface area contributed by atoms with Gasteiger partial charge in [0.2, 0.25) is 10.0 Å². The molecule has 9 heteroatoms. The van der Waals surface area contributed by atoms with Crippen molar-refractivity contribution < 1.29 is 13.2 Å². The number of nitrogens with one attached hydrogen (secondary N) is 2. The Morgan fingerprint density at radius 3 is 2.76 bits per heavy atom. The first kappa shape index (κ1) is 24.2. The quantitative estimate of drug-likeness (QED) is 0.317. The molecule has 7 nitrogen and oxygen atoms in total. The summed E-state index contributed by atoms with van der Waals surface area (Å²) in [5.74, 6) is 2.03. The van der Waals surface area contributed by atoms with Gasteiger partial charge in [0, 0.05) is 39.1 Å². The molecule has 164 valence electrons. The predicted molar refractivity (Wildman–Crippen MR) is 128 cm³/mol. The minimum absolute atomic E-state index is 0. The van der Waals surface area contributed by atoms with E-state index in [9.17, 15) is 8.42 Å². The Morgan fingerprint density at radius 1 is 1.31 bits per heavy atom. The number of nitrogens with zero attached hydrogens (tertiary/aromatic N) is 2. The van der Waals surface area contributed by atoms with Crippen LogP contribution >= 0.6 is 24.0 Å². The molecule has 0 aromatic heterocycles. The minimum Gasteiger partial charge on any atom is -0.493 e. The van der Waals surface area contributed by atoms with Crippen LogP contribution < -0.4 is 15.4 Å². The van der Waals surface area contributed by atoms with Gasteiger partial charge >= 0.3 is 0 Å². The summed E-state index contributed by atoms with van der Waals surface area (Å²) < 4.78 is 31.5. The number of benzene rings is 1. The first-order chi connectivity index (χ1) is 13.5. The van der Waals surface area contributed by atoms with Gasteiger partial charge in [0.15, 0.2) is 5.96 Å². The van der Waals surface area contributed by atoms with Crippen LogP contribution in [0.15, 0.2) is 23.2 Å². The first-order valence-corrected chi connectivity index (χ1v) is 11.8. The third kappa shape index (κ3) is 6.71. The Morgan fingerprint density at radius 2 is 2.07 bits per heavy atom. The lowest BCUT2D eigenvalue weighted by atomic mass is 10.1. The number of hydrogen-bond acceptors (Lipinski definition) is 4. The van der Waals surface area contributed by atoms with Crippen molar-refractivity contribution in [1.82, 2.24) is 14.9 Å². The van der Waals surface area contributed by atoms with E-state index in [0.717, 1.165) is 50.5 Å². The van der Waals surface area contributed by atoms with Crippen LogP contribution in [-0.4, -0.2) is 63.8 Å². The van der Waals surface area contributed by atoms with E-state index >= 15 is 0 Å². The van der Waals surface area contributed by atoms with E-state index in [0.29, 0.717) is 19.5 Å². The van der Waals surface area contributed by atoms with Gasteiger partial charge in [0.25, 0.3) is 0 Å². The summed E-state index contributed by atoms with van der Waals surface area (Å²) in [4.78, 5) is 4.31. The van der Waals surface area contributed by atoms with Gasteiger partial charge in [-0.15, -0.1) is 24.0 Å². The molecule has 29 heavy (non-hydrogen) atoms. The van der Waals surface area contributed by atoms with Crippen LogP contribution in [0.25, 0.3) is 0 Å². The van der Waals surface area contributed by atoms with Crippen LogP contribution in [0.2, 0.25) is 0 Å². The molecule has 2 aliphatic rings. The number of hydrogen-bond donors (Lipinski definition) is 2. The van der Waals surface area contributed by atoms with Gasteiger partial charge in [0.05, 0.1) is 12.4 Å². The Labute approximate surface area is 191 Å². The minimum atomic E-state index is -3.09. The zero-order valence-electron chi connectivity index (χ0n) is 17.3. The van der Waals surface area contributed by atoms with Crippen LogP contribution in [0.4, 0.5) is 0 Å². The second-order valence-electron chi connectivity index (χ2n) is 7.42. The van der Waals surface area contributed by atoms with E-state index in [2.05, 4.69) is 33.8 Å².